The van der Waals surface area contributed by atoms with Gasteiger partial charge in [0, 0.05) is 26.1 Å². The summed E-state index contributed by atoms with van der Waals surface area (Å²) in [5.74, 6) is 0.0672. The summed E-state index contributed by atoms with van der Waals surface area (Å²) >= 11 is 0. The normalized spacial score (nSPS) is 12.3. The third kappa shape index (κ3) is 3.32. The summed E-state index contributed by atoms with van der Waals surface area (Å²) in [6.07, 6.45) is 0.506. The first-order valence-corrected chi connectivity index (χ1v) is 6.64. The molecule has 0 saturated carbocycles. The number of nitrogens with one attached hydrogen (secondary N) is 2. The average Bonchev–Trinajstić information content (AvgIpc) is 2.46. The van der Waals surface area contributed by atoms with Crippen LogP contribution in [0.25, 0.3) is 10.8 Å². The lowest BCUT2D eigenvalue weighted by Gasteiger charge is -2.16. The Bertz CT molecular complexity index is 560. The quantitative estimate of drug-likeness (QED) is 0.863. The molecule has 1 unspecified atom stereocenters. The first-order valence-electron chi connectivity index (χ1n) is 6.64. The first-order chi connectivity index (χ1) is 9.22. The third-order valence-electron chi connectivity index (χ3n) is 3.37. The molecule has 2 N–H and O–H groups in total. The predicted molar refractivity (Wildman–Crippen MR) is 79.0 cm³/mol. The second-order valence-electron chi connectivity index (χ2n) is 4.67. The van der Waals surface area contributed by atoms with E-state index in [9.17, 15) is 4.79 Å². The molecule has 2 aromatic carbocycles. The summed E-state index contributed by atoms with van der Waals surface area (Å²) in [6, 6.07) is 14.9. The van der Waals surface area contributed by atoms with E-state index in [0.717, 1.165) is 0 Å². The summed E-state index contributed by atoms with van der Waals surface area (Å²) in [5, 5.41) is 8.54. The van der Waals surface area contributed by atoms with Gasteiger partial charge >= 0.3 is 0 Å². The fraction of sp³-hybridized carbons (Fsp3) is 0.312. The number of hydrogen-bond acceptors (Lipinski definition) is 2. The molecule has 100 valence electrons. The molecule has 0 bridgehead atoms. The van der Waals surface area contributed by atoms with E-state index < -0.39 is 0 Å². The zero-order valence-electron chi connectivity index (χ0n) is 11.4. The Kier molecular flexibility index (Phi) is 4.53. The van der Waals surface area contributed by atoms with E-state index in [4.69, 9.17) is 0 Å². The van der Waals surface area contributed by atoms with Gasteiger partial charge < -0.3 is 10.6 Å². The number of carbonyl (C=O) groups excluding carboxylic acids is 1. The van der Waals surface area contributed by atoms with Gasteiger partial charge in [-0.25, -0.2) is 0 Å². The lowest BCUT2D eigenvalue weighted by atomic mass is 10.00. The highest BCUT2D eigenvalue weighted by atomic mass is 16.1. The molecule has 19 heavy (non-hydrogen) atoms. The van der Waals surface area contributed by atoms with E-state index in [1.165, 1.54) is 16.3 Å². The molecular formula is C16H20N2O. The van der Waals surface area contributed by atoms with E-state index >= 15 is 0 Å². The zero-order chi connectivity index (χ0) is 13.7. The largest absolute Gasteiger partial charge is 0.359 e. The van der Waals surface area contributed by atoms with Crippen molar-refractivity contribution in [1.82, 2.24) is 10.6 Å². The molecule has 3 heteroatoms. The Labute approximate surface area is 114 Å². The van der Waals surface area contributed by atoms with Crippen LogP contribution in [0.15, 0.2) is 42.5 Å². The van der Waals surface area contributed by atoms with E-state index in [-0.39, 0.29) is 11.9 Å². The number of benzene rings is 2. The second-order valence-corrected chi connectivity index (χ2v) is 4.67. The van der Waals surface area contributed by atoms with Crippen molar-refractivity contribution in [3.05, 3.63) is 48.0 Å². The third-order valence-corrected chi connectivity index (χ3v) is 3.37. The molecule has 1 atom stereocenters. The molecule has 0 radical (unpaired) electrons. The van der Waals surface area contributed by atoms with Crippen molar-refractivity contribution in [2.24, 2.45) is 0 Å². The SMILES string of the molecule is CNC(=O)CCNC(C)c1cccc2ccccc12. The van der Waals surface area contributed by atoms with Crippen LogP contribution in [0.1, 0.15) is 24.9 Å². The van der Waals surface area contributed by atoms with Crippen molar-refractivity contribution in [2.45, 2.75) is 19.4 Å². The van der Waals surface area contributed by atoms with Gasteiger partial charge in [0.2, 0.25) is 5.91 Å². The number of carbonyl (C=O) groups is 1. The number of rotatable bonds is 5. The van der Waals surface area contributed by atoms with E-state index in [0.29, 0.717) is 13.0 Å². The predicted octanol–water partition coefficient (Wildman–Crippen LogP) is 2.63. The monoisotopic (exact) mass is 256 g/mol. The molecule has 0 aliphatic rings. The van der Waals surface area contributed by atoms with Crippen molar-refractivity contribution < 1.29 is 4.79 Å². The minimum absolute atomic E-state index is 0.0672. The lowest BCUT2D eigenvalue weighted by Crippen LogP contribution is -2.26. The highest BCUT2D eigenvalue weighted by Crippen LogP contribution is 2.23. The maximum atomic E-state index is 11.2. The Morgan fingerprint density at radius 2 is 1.89 bits per heavy atom. The minimum atomic E-state index is 0.0672. The standard InChI is InChI=1S/C16H20N2O/c1-12(18-11-10-16(19)17-2)14-9-5-7-13-6-3-4-8-15(13)14/h3-9,12,18H,10-11H2,1-2H3,(H,17,19). The summed E-state index contributed by atoms with van der Waals surface area (Å²) in [7, 11) is 1.66. The van der Waals surface area contributed by atoms with Crippen molar-refractivity contribution in [2.75, 3.05) is 13.6 Å². The van der Waals surface area contributed by atoms with Crippen LogP contribution in [-0.4, -0.2) is 19.5 Å². The average molecular weight is 256 g/mol. The van der Waals surface area contributed by atoms with Crippen molar-refractivity contribution >= 4 is 16.7 Å². The maximum absolute atomic E-state index is 11.2. The summed E-state index contributed by atoms with van der Waals surface area (Å²) in [4.78, 5) is 11.2. The van der Waals surface area contributed by atoms with Crippen LogP contribution in [0.4, 0.5) is 0 Å². The van der Waals surface area contributed by atoms with Gasteiger partial charge in [0.1, 0.15) is 0 Å². The van der Waals surface area contributed by atoms with E-state index in [2.05, 4.69) is 60.0 Å². The molecule has 1 amide bonds. The van der Waals surface area contributed by atoms with Gasteiger partial charge in [-0.2, -0.15) is 0 Å². The summed E-state index contributed by atoms with van der Waals surface area (Å²) < 4.78 is 0. The molecule has 0 aromatic heterocycles. The number of amides is 1. The Hall–Kier alpha value is -1.87. The first kappa shape index (κ1) is 13.6. The van der Waals surface area contributed by atoms with Gasteiger partial charge in [0.05, 0.1) is 0 Å². The maximum Gasteiger partial charge on any atom is 0.221 e. The molecule has 2 aromatic rings. The molecular weight excluding hydrogens is 236 g/mol. The molecule has 0 heterocycles. The minimum Gasteiger partial charge on any atom is -0.359 e. The fourth-order valence-electron chi connectivity index (χ4n) is 2.27. The van der Waals surface area contributed by atoms with E-state index in [1.54, 1.807) is 7.05 Å². The summed E-state index contributed by atoms with van der Waals surface area (Å²) in [6.45, 7) is 2.82. The van der Waals surface area contributed by atoms with Crippen LogP contribution < -0.4 is 10.6 Å². The Morgan fingerprint density at radius 3 is 2.68 bits per heavy atom. The Balaban J connectivity index is 2.09. The summed E-state index contributed by atoms with van der Waals surface area (Å²) in [5.41, 5.74) is 1.27. The van der Waals surface area contributed by atoms with Gasteiger partial charge in [0.15, 0.2) is 0 Å². The highest BCUT2D eigenvalue weighted by Gasteiger charge is 2.08. The molecule has 0 aliphatic heterocycles. The van der Waals surface area contributed by atoms with Crippen molar-refractivity contribution in [1.29, 1.82) is 0 Å². The molecule has 0 spiro atoms. The van der Waals surface area contributed by atoms with Crippen LogP contribution in [-0.2, 0) is 4.79 Å². The van der Waals surface area contributed by atoms with Crippen molar-refractivity contribution in [3.63, 3.8) is 0 Å². The van der Waals surface area contributed by atoms with Crippen LogP contribution in [0.3, 0.4) is 0 Å². The van der Waals surface area contributed by atoms with Gasteiger partial charge in [-0.1, -0.05) is 42.5 Å². The molecule has 2 rings (SSSR count). The van der Waals surface area contributed by atoms with Gasteiger partial charge in [-0.3, -0.25) is 4.79 Å². The van der Waals surface area contributed by atoms with E-state index in [1.807, 2.05) is 0 Å². The van der Waals surface area contributed by atoms with Crippen LogP contribution in [0.5, 0.6) is 0 Å². The molecule has 0 aliphatic carbocycles. The fourth-order valence-corrected chi connectivity index (χ4v) is 2.27. The van der Waals surface area contributed by atoms with Crippen LogP contribution >= 0.6 is 0 Å². The van der Waals surface area contributed by atoms with Crippen LogP contribution in [0, 0.1) is 0 Å². The molecule has 0 saturated heterocycles. The number of hydrogen-bond donors (Lipinski definition) is 2. The second kappa shape index (κ2) is 6.34. The smallest absolute Gasteiger partial charge is 0.221 e. The van der Waals surface area contributed by atoms with Gasteiger partial charge in [0.25, 0.3) is 0 Å². The Morgan fingerprint density at radius 1 is 1.16 bits per heavy atom. The van der Waals surface area contributed by atoms with Gasteiger partial charge in [-0.15, -0.1) is 0 Å². The topological polar surface area (TPSA) is 41.1 Å². The highest BCUT2D eigenvalue weighted by molar-refractivity contribution is 5.86. The van der Waals surface area contributed by atoms with Crippen LogP contribution in [0.2, 0.25) is 0 Å². The van der Waals surface area contributed by atoms with Crippen molar-refractivity contribution in [3.8, 4) is 0 Å². The van der Waals surface area contributed by atoms with Gasteiger partial charge in [-0.05, 0) is 23.3 Å². The number of fused-ring (bicyclic) bond motifs is 1. The lowest BCUT2D eigenvalue weighted by molar-refractivity contribution is -0.120. The molecule has 0 fully saturated rings. The molecule has 3 nitrogen and oxygen atoms in total. The zero-order valence-corrected chi connectivity index (χ0v) is 11.4.